The van der Waals surface area contributed by atoms with Crippen molar-refractivity contribution in [3.63, 3.8) is 0 Å². The molecular formula is C7H4Br2F3NO. The lowest BCUT2D eigenvalue weighted by atomic mass is 10.5. The van der Waals surface area contributed by atoms with Gasteiger partial charge in [0.1, 0.15) is 0 Å². The minimum absolute atomic E-state index is 0.0782. The fraction of sp³-hybridized carbons (Fsp3) is 0.286. The topological polar surface area (TPSA) is 22.1 Å². The molecule has 0 aliphatic heterocycles. The van der Waals surface area contributed by atoms with Gasteiger partial charge in [0.2, 0.25) is 5.88 Å². The summed E-state index contributed by atoms with van der Waals surface area (Å²) in [4.78, 5) is 3.66. The lowest BCUT2D eigenvalue weighted by molar-refractivity contribution is -0.154. The number of alkyl halides is 3. The molecule has 78 valence electrons. The second-order valence-corrected chi connectivity index (χ2v) is 4.11. The van der Waals surface area contributed by atoms with E-state index >= 15 is 0 Å². The molecule has 0 bridgehead atoms. The quantitative estimate of drug-likeness (QED) is 0.825. The molecule has 0 spiro atoms. The smallest absolute Gasteiger partial charge is 0.422 e. The largest absolute Gasteiger partial charge is 0.467 e. The molecule has 0 aromatic carbocycles. The minimum Gasteiger partial charge on any atom is -0.467 e. The summed E-state index contributed by atoms with van der Waals surface area (Å²) in [5, 5.41) is 0. The van der Waals surface area contributed by atoms with Crippen LogP contribution in [0.5, 0.6) is 5.88 Å². The highest BCUT2D eigenvalue weighted by molar-refractivity contribution is 9.11. The summed E-state index contributed by atoms with van der Waals surface area (Å²) in [6.45, 7) is -1.35. The van der Waals surface area contributed by atoms with E-state index in [-0.39, 0.29) is 5.88 Å². The van der Waals surface area contributed by atoms with Gasteiger partial charge in [-0.05, 0) is 37.9 Å². The fourth-order valence-corrected chi connectivity index (χ4v) is 1.76. The monoisotopic (exact) mass is 333 g/mol. The van der Waals surface area contributed by atoms with Crippen molar-refractivity contribution in [1.82, 2.24) is 4.98 Å². The highest BCUT2D eigenvalue weighted by atomic mass is 79.9. The number of rotatable bonds is 2. The van der Waals surface area contributed by atoms with Crippen LogP contribution in [0.3, 0.4) is 0 Å². The zero-order valence-electron chi connectivity index (χ0n) is 6.61. The molecule has 0 unspecified atom stereocenters. The van der Waals surface area contributed by atoms with Crippen LogP contribution in [0.2, 0.25) is 0 Å². The van der Waals surface area contributed by atoms with Crippen LogP contribution in [-0.4, -0.2) is 17.8 Å². The predicted molar refractivity (Wildman–Crippen MR) is 51.2 cm³/mol. The summed E-state index contributed by atoms with van der Waals surface area (Å²) < 4.78 is 40.8. The Morgan fingerprint density at radius 3 is 2.50 bits per heavy atom. The Kier molecular flexibility index (Phi) is 3.77. The Labute approximate surface area is 94.7 Å². The maximum atomic E-state index is 11.8. The van der Waals surface area contributed by atoms with Gasteiger partial charge in [-0.2, -0.15) is 13.2 Å². The molecule has 0 amide bonds. The van der Waals surface area contributed by atoms with Crippen LogP contribution in [0, 0.1) is 0 Å². The molecule has 1 rings (SSSR count). The van der Waals surface area contributed by atoms with Gasteiger partial charge in [-0.25, -0.2) is 4.98 Å². The van der Waals surface area contributed by atoms with Crippen molar-refractivity contribution < 1.29 is 17.9 Å². The average Bonchev–Trinajstić information content (AvgIpc) is 2.00. The first kappa shape index (κ1) is 11.8. The van der Waals surface area contributed by atoms with Gasteiger partial charge in [0.05, 0.1) is 4.47 Å². The van der Waals surface area contributed by atoms with Gasteiger partial charge < -0.3 is 4.74 Å². The molecule has 7 heteroatoms. The molecule has 1 aromatic heterocycles. The maximum Gasteiger partial charge on any atom is 0.422 e. The van der Waals surface area contributed by atoms with Crippen molar-refractivity contribution >= 4 is 31.9 Å². The van der Waals surface area contributed by atoms with Gasteiger partial charge in [-0.1, -0.05) is 0 Å². The summed E-state index contributed by atoms with van der Waals surface area (Å²) in [5.41, 5.74) is 0. The number of nitrogens with zero attached hydrogens (tertiary/aromatic N) is 1. The van der Waals surface area contributed by atoms with Crippen LogP contribution < -0.4 is 4.74 Å². The molecule has 0 N–H and O–H groups in total. The van der Waals surface area contributed by atoms with E-state index in [2.05, 4.69) is 41.6 Å². The van der Waals surface area contributed by atoms with Crippen molar-refractivity contribution in [2.45, 2.75) is 6.18 Å². The first-order chi connectivity index (χ1) is 6.38. The predicted octanol–water partition coefficient (Wildman–Crippen LogP) is 3.55. The highest BCUT2D eigenvalue weighted by Gasteiger charge is 2.29. The Morgan fingerprint density at radius 2 is 2.00 bits per heavy atom. The minimum atomic E-state index is -4.35. The van der Waals surface area contributed by atoms with Crippen LogP contribution in [-0.2, 0) is 0 Å². The molecule has 1 heterocycles. The number of aromatic nitrogens is 1. The summed E-state index contributed by atoms with van der Waals surface area (Å²) in [6.07, 6.45) is -3.00. The van der Waals surface area contributed by atoms with Gasteiger partial charge in [0.25, 0.3) is 0 Å². The van der Waals surface area contributed by atoms with E-state index in [1.807, 2.05) is 0 Å². The number of ether oxygens (including phenoxy) is 1. The van der Waals surface area contributed by atoms with Gasteiger partial charge in [-0.3, -0.25) is 0 Å². The van der Waals surface area contributed by atoms with E-state index < -0.39 is 12.8 Å². The van der Waals surface area contributed by atoms with Crippen molar-refractivity contribution in [3.05, 3.63) is 21.2 Å². The molecule has 0 radical (unpaired) electrons. The normalized spacial score (nSPS) is 11.5. The maximum absolute atomic E-state index is 11.8. The highest BCUT2D eigenvalue weighted by Crippen LogP contribution is 2.26. The molecule has 0 aliphatic carbocycles. The molecule has 0 atom stereocenters. The second-order valence-electron chi connectivity index (χ2n) is 2.34. The zero-order valence-corrected chi connectivity index (χ0v) is 9.78. The van der Waals surface area contributed by atoms with Crippen LogP contribution in [0.25, 0.3) is 0 Å². The number of halogens is 5. The van der Waals surface area contributed by atoms with Crippen molar-refractivity contribution in [2.24, 2.45) is 0 Å². The van der Waals surface area contributed by atoms with Crippen molar-refractivity contribution in [1.29, 1.82) is 0 Å². The molecule has 0 fully saturated rings. The van der Waals surface area contributed by atoms with E-state index in [1.165, 1.54) is 6.20 Å². The molecule has 2 nitrogen and oxygen atoms in total. The fourth-order valence-electron chi connectivity index (χ4n) is 0.658. The summed E-state index contributed by atoms with van der Waals surface area (Å²) in [7, 11) is 0. The third-order valence-corrected chi connectivity index (χ3v) is 2.15. The van der Waals surface area contributed by atoms with Crippen molar-refractivity contribution in [3.8, 4) is 5.88 Å². The standard InChI is InChI=1S/C7H4Br2F3NO/c8-4-1-5(9)6(13-2-4)14-3-7(10,11)12/h1-2H,3H2. The molecule has 0 saturated heterocycles. The molecule has 0 aliphatic rings. The number of hydrogen-bond donors (Lipinski definition) is 0. The van der Waals surface area contributed by atoms with Crippen LogP contribution in [0.15, 0.2) is 21.2 Å². The van der Waals surface area contributed by atoms with Crippen molar-refractivity contribution in [2.75, 3.05) is 6.61 Å². The Morgan fingerprint density at radius 1 is 1.36 bits per heavy atom. The molecule has 1 aromatic rings. The van der Waals surface area contributed by atoms with E-state index in [9.17, 15) is 13.2 Å². The van der Waals surface area contributed by atoms with Gasteiger partial charge in [0.15, 0.2) is 6.61 Å². The summed E-state index contributed by atoms with van der Waals surface area (Å²) in [5.74, 6) is -0.0782. The van der Waals surface area contributed by atoms with E-state index in [1.54, 1.807) is 6.07 Å². The average molecular weight is 335 g/mol. The lowest BCUT2D eigenvalue weighted by Crippen LogP contribution is -2.19. The SMILES string of the molecule is FC(F)(F)COc1ncc(Br)cc1Br. The molecule has 14 heavy (non-hydrogen) atoms. The van der Waals surface area contributed by atoms with Gasteiger partial charge in [-0.15, -0.1) is 0 Å². The number of hydrogen-bond acceptors (Lipinski definition) is 2. The van der Waals surface area contributed by atoms with E-state index in [4.69, 9.17) is 0 Å². The summed E-state index contributed by atoms with van der Waals surface area (Å²) in [6, 6.07) is 1.55. The Balaban J connectivity index is 2.68. The first-order valence-electron chi connectivity index (χ1n) is 3.39. The first-order valence-corrected chi connectivity index (χ1v) is 4.98. The van der Waals surface area contributed by atoms with Crippen LogP contribution >= 0.6 is 31.9 Å². The molecule has 0 saturated carbocycles. The van der Waals surface area contributed by atoms with Crippen LogP contribution in [0.4, 0.5) is 13.2 Å². The van der Waals surface area contributed by atoms with Crippen LogP contribution in [0.1, 0.15) is 0 Å². The number of pyridine rings is 1. The third-order valence-electron chi connectivity index (χ3n) is 1.15. The van der Waals surface area contributed by atoms with E-state index in [0.29, 0.717) is 8.95 Å². The zero-order chi connectivity index (χ0) is 10.8. The third kappa shape index (κ3) is 3.83. The lowest BCUT2D eigenvalue weighted by Gasteiger charge is -2.09. The molecular weight excluding hydrogens is 331 g/mol. The Bertz CT molecular complexity index is 329. The second kappa shape index (κ2) is 4.48. The van der Waals surface area contributed by atoms with Gasteiger partial charge in [0, 0.05) is 10.7 Å². The van der Waals surface area contributed by atoms with E-state index in [0.717, 1.165) is 0 Å². The van der Waals surface area contributed by atoms with Gasteiger partial charge >= 0.3 is 6.18 Å². The summed E-state index contributed by atoms with van der Waals surface area (Å²) >= 11 is 6.15. The Hall–Kier alpha value is -0.300.